The maximum absolute atomic E-state index is 13.0. The number of aromatic amines is 1. The van der Waals surface area contributed by atoms with E-state index in [1.54, 1.807) is 12.4 Å². The smallest absolute Gasteiger partial charge is 0.255 e. The molecule has 2 atom stereocenters. The summed E-state index contributed by atoms with van der Waals surface area (Å²) in [4.78, 5) is 20.8. The summed E-state index contributed by atoms with van der Waals surface area (Å²) in [5, 5.41) is 7.11. The number of hydrogen-bond donors (Lipinski definition) is 3. The molecule has 8 nitrogen and oxygen atoms in total. The van der Waals surface area contributed by atoms with Gasteiger partial charge in [0.15, 0.2) is 0 Å². The summed E-state index contributed by atoms with van der Waals surface area (Å²) in [5.41, 5.74) is 5.43. The van der Waals surface area contributed by atoms with Crippen LogP contribution in [0.1, 0.15) is 34.5 Å². The van der Waals surface area contributed by atoms with Crippen molar-refractivity contribution in [2.75, 3.05) is 38.3 Å². The molecule has 9 heteroatoms. The first-order chi connectivity index (χ1) is 16.5. The second-order valence-electron chi connectivity index (χ2n) is 8.56. The number of nitrogens with zero attached hydrogens (tertiary/aromatic N) is 1. The van der Waals surface area contributed by atoms with Crippen molar-refractivity contribution in [2.24, 2.45) is 0 Å². The third-order valence-electron chi connectivity index (χ3n) is 6.21. The van der Waals surface area contributed by atoms with Crippen LogP contribution in [0.4, 0.5) is 11.4 Å². The maximum atomic E-state index is 13.0. The molecule has 3 N–H and O–H groups in total. The highest BCUT2D eigenvalue weighted by Crippen LogP contribution is 2.42. The molecule has 34 heavy (non-hydrogen) atoms. The summed E-state index contributed by atoms with van der Waals surface area (Å²) in [6, 6.07) is 7.55. The molecule has 5 rings (SSSR count). The first kappa shape index (κ1) is 22.7. The SMILES string of the molecule is Cc1c(Cl)cccc1Nc1c(-c2ccncc2OC[C@H]2COCCO2)[nH]c2c1C(=O)NC[C@H]2C. The van der Waals surface area contributed by atoms with Gasteiger partial charge in [0.1, 0.15) is 18.5 Å². The van der Waals surface area contributed by atoms with Crippen LogP contribution in [-0.4, -0.2) is 55.0 Å². The van der Waals surface area contributed by atoms with Crippen LogP contribution in [-0.2, 0) is 9.47 Å². The van der Waals surface area contributed by atoms with E-state index in [0.717, 1.165) is 28.2 Å². The minimum atomic E-state index is -0.142. The van der Waals surface area contributed by atoms with Crippen LogP contribution in [0.2, 0.25) is 5.02 Å². The van der Waals surface area contributed by atoms with Gasteiger partial charge in [0, 0.05) is 40.6 Å². The van der Waals surface area contributed by atoms with E-state index in [2.05, 4.69) is 27.5 Å². The van der Waals surface area contributed by atoms with Gasteiger partial charge in [-0.05, 0) is 30.7 Å². The standard InChI is InChI=1S/C25H27ClN4O4/c1-14-10-28-25(31)21-22(14)30-23(24(21)29-19-5-3-4-18(26)15(19)2)17-6-7-27-11-20(17)34-13-16-12-32-8-9-33-16/h3-7,11,14,16,29-30H,8-10,12-13H2,1-2H3,(H,28,31)/t14-,16-/m1/s1. The van der Waals surface area contributed by atoms with E-state index in [0.29, 0.717) is 55.0 Å². The minimum Gasteiger partial charge on any atom is -0.488 e. The first-order valence-corrected chi connectivity index (χ1v) is 11.7. The lowest BCUT2D eigenvalue weighted by atomic mass is 9.98. The van der Waals surface area contributed by atoms with Crippen molar-refractivity contribution in [3.63, 3.8) is 0 Å². The molecule has 0 spiro atoms. The Morgan fingerprint density at radius 2 is 2.18 bits per heavy atom. The Morgan fingerprint density at radius 1 is 1.29 bits per heavy atom. The normalized spacial score (nSPS) is 19.9. The van der Waals surface area contributed by atoms with Gasteiger partial charge < -0.3 is 29.8 Å². The highest BCUT2D eigenvalue weighted by molar-refractivity contribution is 6.31. The van der Waals surface area contributed by atoms with Gasteiger partial charge >= 0.3 is 0 Å². The van der Waals surface area contributed by atoms with E-state index in [-0.39, 0.29) is 17.9 Å². The molecule has 1 fully saturated rings. The van der Waals surface area contributed by atoms with Crippen molar-refractivity contribution in [3.05, 3.63) is 58.5 Å². The van der Waals surface area contributed by atoms with Crippen molar-refractivity contribution in [1.82, 2.24) is 15.3 Å². The van der Waals surface area contributed by atoms with Crippen LogP contribution in [0.15, 0.2) is 36.7 Å². The van der Waals surface area contributed by atoms with Crippen LogP contribution in [0, 0.1) is 6.92 Å². The van der Waals surface area contributed by atoms with Crippen LogP contribution >= 0.6 is 11.6 Å². The van der Waals surface area contributed by atoms with Gasteiger partial charge in [0.25, 0.3) is 5.91 Å². The molecule has 4 heterocycles. The molecular formula is C25H27ClN4O4. The van der Waals surface area contributed by atoms with Crippen LogP contribution in [0.25, 0.3) is 11.3 Å². The molecule has 0 aliphatic carbocycles. The van der Waals surface area contributed by atoms with Gasteiger partial charge in [-0.2, -0.15) is 0 Å². The summed E-state index contributed by atoms with van der Waals surface area (Å²) in [5.74, 6) is 0.595. The van der Waals surface area contributed by atoms with Gasteiger partial charge in [-0.15, -0.1) is 0 Å². The number of ether oxygens (including phenoxy) is 3. The molecule has 0 saturated carbocycles. The molecule has 0 unspecified atom stereocenters. The maximum Gasteiger partial charge on any atom is 0.255 e. The fourth-order valence-electron chi connectivity index (χ4n) is 4.28. The molecule has 178 valence electrons. The third kappa shape index (κ3) is 4.36. The number of rotatable bonds is 6. The second-order valence-corrected chi connectivity index (χ2v) is 8.97. The number of amides is 1. The van der Waals surface area contributed by atoms with Crippen molar-refractivity contribution in [1.29, 1.82) is 0 Å². The molecule has 0 bridgehead atoms. The number of carbonyl (C=O) groups excluding carboxylic acids is 1. The number of benzene rings is 1. The summed E-state index contributed by atoms with van der Waals surface area (Å²) in [7, 11) is 0. The zero-order valence-corrected chi connectivity index (χ0v) is 19.9. The van der Waals surface area contributed by atoms with Crippen molar-refractivity contribution in [2.45, 2.75) is 25.9 Å². The van der Waals surface area contributed by atoms with Crippen molar-refractivity contribution in [3.8, 4) is 17.0 Å². The van der Waals surface area contributed by atoms with E-state index in [1.807, 2.05) is 31.2 Å². The first-order valence-electron chi connectivity index (χ1n) is 11.4. The van der Waals surface area contributed by atoms with Crippen molar-refractivity contribution >= 4 is 28.9 Å². The lowest BCUT2D eigenvalue weighted by Gasteiger charge is -2.23. The average Bonchev–Trinajstić information content (AvgIpc) is 3.24. The van der Waals surface area contributed by atoms with Crippen LogP contribution < -0.4 is 15.4 Å². The predicted molar refractivity (Wildman–Crippen MR) is 130 cm³/mol. The minimum absolute atomic E-state index is 0.123. The lowest BCUT2D eigenvalue weighted by Crippen LogP contribution is -2.33. The second kappa shape index (κ2) is 9.66. The number of aromatic nitrogens is 2. The molecule has 1 amide bonds. The largest absolute Gasteiger partial charge is 0.488 e. The quantitative estimate of drug-likeness (QED) is 0.481. The number of carbonyl (C=O) groups is 1. The Balaban J connectivity index is 1.57. The van der Waals surface area contributed by atoms with Crippen LogP contribution in [0.5, 0.6) is 5.75 Å². The van der Waals surface area contributed by atoms with Gasteiger partial charge in [-0.25, -0.2) is 0 Å². The lowest BCUT2D eigenvalue weighted by molar-refractivity contribution is -0.101. The number of hydrogen-bond acceptors (Lipinski definition) is 6. The summed E-state index contributed by atoms with van der Waals surface area (Å²) in [6.07, 6.45) is 3.24. The Hall–Kier alpha value is -3.07. The summed E-state index contributed by atoms with van der Waals surface area (Å²) < 4.78 is 17.3. The van der Waals surface area contributed by atoms with E-state index in [4.69, 9.17) is 25.8 Å². The molecule has 3 aromatic rings. The highest BCUT2D eigenvalue weighted by atomic mass is 35.5. The fraction of sp³-hybridized carbons (Fsp3) is 0.360. The average molecular weight is 483 g/mol. The molecular weight excluding hydrogens is 456 g/mol. The Morgan fingerprint density at radius 3 is 3.00 bits per heavy atom. The zero-order valence-electron chi connectivity index (χ0n) is 19.1. The summed E-state index contributed by atoms with van der Waals surface area (Å²) in [6.45, 7) is 6.58. The Bertz CT molecular complexity index is 1210. The summed E-state index contributed by atoms with van der Waals surface area (Å²) >= 11 is 6.37. The number of halogens is 1. The molecule has 0 radical (unpaired) electrons. The third-order valence-corrected chi connectivity index (χ3v) is 6.62. The van der Waals surface area contributed by atoms with Crippen LogP contribution in [0.3, 0.4) is 0 Å². The monoisotopic (exact) mass is 482 g/mol. The highest BCUT2D eigenvalue weighted by Gasteiger charge is 2.32. The predicted octanol–water partition coefficient (Wildman–Crippen LogP) is 4.42. The topological polar surface area (TPSA) is 97.5 Å². The van der Waals surface area contributed by atoms with E-state index < -0.39 is 0 Å². The van der Waals surface area contributed by atoms with E-state index in [1.165, 1.54) is 0 Å². The molecule has 1 saturated heterocycles. The molecule has 1 aromatic carbocycles. The fourth-order valence-corrected chi connectivity index (χ4v) is 4.46. The number of fused-ring (bicyclic) bond motifs is 1. The Labute approximate surface area is 203 Å². The molecule has 2 aromatic heterocycles. The number of nitrogens with one attached hydrogen (secondary N) is 3. The van der Waals surface area contributed by atoms with E-state index in [9.17, 15) is 4.79 Å². The Kier molecular flexibility index (Phi) is 6.45. The molecule has 2 aliphatic rings. The number of anilines is 2. The van der Waals surface area contributed by atoms with Crippen molar-refractivity contribution < 1.29 is 19.0 Å². The van der Waals surface area contributed by atoms with Gasteiger partial charge in [0.05, 0.1) is 43.0 Å². The van der Waals surface area contributed by atoms with Gasteiger partial charge in [-0.1, -0.05) is 24.6 Å². The zero-order chi connectivity index (χ0) is 23.7. The number of pyridine rings is 1. The van der Waals surface area contributed by atoms with Gasteiger partial charge in [-0.3, -0.25) is 9.78 Å². The van der Waals surface area contributed by atoms with E-state index >= 15 is 0 Å². The number of H-pyrrole nitrogens is 1. The molecule has 2 aliphatic heterocycles. The van der Waals surface area contributed by atoms with Gasteiger partial charge in [0.2, 0.25) is 0 Å².